The Morgan fingerprint density at radius 1 is 1.31 bits per heavy atom. The number of nitrogens with two attached hydrogens (primary N) is 1. The molecule has 0 aromatic heterocycles. The molecule has 0 aliphatic heterocycles. The van der Waals surface area contributed by atoms with Gasteiger partial charge in [0.05, 0.1) is 0 Å². The lowest BCUT2D eigenvalue weighted by molar-refractivity contribution is -0.123. The Labute approximate surface area is 95.8 Å². The van der Waals surface area contributed by atoms with E-state index >= 15 is 0 Å². The first-order valence-corrected chi connectivity index (χ1v) is 5.16. The highest BCUT2D eigenvalue weighted by Crippen LogP contribution is 2.24. The molecule has 0 saturated heterocycles. The van der Waals surface area contributed by atoms with Crippen molar-refractivity contribution in [3.63, 3.8) is 0 Å². The van der Waals surface area contributed by atoms with Gasteiger partial charge in [0.2, 0.25) is 0 Å². The standard InChI is InChI=1S/C12H18N2O2/c1-12(2,3)9-4-6-10(7-5-9)16-8-11(15)14-13/h4-7H,8,13H2,1-3H3,(H,14,15). The van der Waals surface area contributed by atoms with Crippen molar-refractivity contribution in [1.29, 1.82) is 0 Å². The molecule has 1 rings (SSSR count). The van der Waals surface area contributed by atoms with Crippen molar-refractivity contribution in [3.8, 4) is 5.75 Å². The largest absolute Gasteiger partial charge is 0.484 e. The molecule has 1 amide bonds. The van der Waals surface area contributed by atoms with E-state index in [0.717, 1.165) is 0 Å². The predicted octanol–water partition coefficient (Wildman–Crippen LogP) is 1.35. The van der Waals surface area contributed by atoms with Crippen LogP contribution >= 0.6 is 0 Å². The number of carbonyl (C=O) groups excluding carboxylic acids is 1. The number of hydrazine groups is 1. The number of ether oxygens (including phenoxy) is 1. The number of hydrogen-bond donors (Lipinski definition) is 2. The van der Waals surface area contributed by atoms with Crippen LogP contribution in [-0.2, 0) is 10.2 Å². The average molecular weight is 222 g/mol. The van der Waals surface area contributed by atoms with Gasteiger partial charge in [0.15, 0.2) is 6.61 Å². The lowest BCUT2D eigenvalue weighted by atomic mass is 9.87. The minimum absolute atomic E-state index is 0.0641. The van der Waals surface area contributed by atoms with E-state index in [0.29, 0.717) is 5.75 Å². The Bertz CT molecular complexity index is 352. The minimum atomic E-state index is -0.347. The Morgan fingerprint density at radius 2 is 1.88 bits per heavy atom. The van der Waals surface area contributed by atoms with Crippen molar-refractivity contribution in [3.05, 3.63) is 29.8 Å². The Balaban J connectivity index is 2.62. The van der Waals surface area contributed by atoms with Gasteiger partial charge in [-0.25, -0.2) is 5.84 Å². The highest BCUT2D eigenvalue weighted by Gasteiger charge is 2.13. The van der Waals surface area contributed by atoms with E-state index in [9.17, 15) is 4.79 Å². The summed E-state index contributed by atoms with van der Waals surface area (Å²) in [5.74, 6) is 5.25. The zero-order valence-electron chi connectivity index (χ0n) is 9.91. The first-order chi connectivity index (χ1) is 7.43. The van der Waals surface area contributed by atoms with Crippen LogP contribution in [0, 0.1) is 0 Å². The first-order valence-electron chi connectivity index (χ1n) is 5.16. The fourth-order valence-electron chi connectivity index (χ4n) is 1.24. The molecule has 1 aromatic rings. The van der Waals surface area contributed by atoms with E-state index in [1.807, 2.05) is 29.7 Å². The van der Waals surface area contributed by atoms with E-state index in [-0.39, 0.29) is 17.9 Å². The number of nitrogens with one attached hydrogen (secondary N) is 1. The summed E-state index contributed by atoms with van der Waals surface area (Å²) in [6.45, 7) is 6.37. The van der Waals surface area contributed by atoms with Gasteiger partial charge >= 0.3 is 0 Å². The first kappa shape index (κ1) is 12.5. The average Bonchev–Trinajstić information content (AvgIpc) is 2.25. The summed E-state index contributed by atoms with van der Waals surface area (Å²) in [7, 11) is 0. The molecule has 0 aliphatic carbocycles. The van der Waals surface area contributed by atoms with Crippen LogP contribution in [-0.4, -0.2) is 12.5 Å². The van der Waals surface area contributed by atoms with Crippen LogP contribution in [0.1, 0.15) is 26.3 Å². The van der Waals surface area contributed by atoms with Gasteiger partial charge in [0.25, 0.3) is 5.91 Å². The number of carbonyl (C=O) groups is 1. The van der Waals surface area contributed by atoms with Gasteiger partial charge in [0.1, 0.15) is 5.75 Å². The second kappa shape index (κ2) is 4.99. The summed E-state index contributed by atoms with van der Waals surface area (Å²) < 4.78 is 5.23. The SMILES string of the molecule is CC(C)(C)c1ccc(OCC(=O)NN)cc1. The van der Waals surface area contributed by atoms with Gasteiger partial charge in [0, 0.05) is 0 Å². The van der Waals surface area contributed by atoms with Crippen molar-refractivity contribution in [1.82, 2.24) is 5.43 Å². The smallest absolute Gasteiger partial charge is 0.271 e. The summed E-state index contributed by atoms with van der Waals surface area (Å²) >= 11 is 0. The van der Waals surface area contributed by atoms with Crippen molar-refractivity contribution < 1.29 is 9.53 Å². The normalized spacial score (nSPS) is 11.0. The topological polar surface area (TPSA) is 64.3 Å². The molecule has 0 bridgehead atoms. The molecule has 1 aromatic carbocycles. The maximum atomic E-state index is 10.9. The van der Waals surface area contributed by atoms with Gasteiger partial charge in [-0.3, -0.25) is 10.2 Å². The van der Waals surface area contributed by atoms with Crippen LogP contribution in [0.5, 0.6) is 5.75 Å². The van der Waals surface area contributed by atoms with E-state index in [2.05, 4.69) is 20.8 Å². The monoisotopic (exact) mass is 222 g/mol. The van der Waals surface area contributed by atoms with Gasteiger partial charge in [-0.05, 0) is 23.1 Å². The van der Waals surface area contributed by atoms with Crippen LogP contribution in [0.4, 0.5) is 0 Å². The lowest BCUT2D eigenvalue weighted by Crippen LogP contribution is -2.34. The highest BCUT2D eigenvalue weighted by molar-refractivity contribution is 5.76. The molecule has 4 nitrogen and oxygen atoms in total. The maximum Gasteiger partial charge on any atom is 0.271 e. The summed E-state index contributed by atoms with van der Waals surface area (Å²) in [4.78, 5) is 10.9. The van der Waals surface area contributed by atoms with Crippen molar-refractivity contribution in [2.75, 3.05) is 6.61 Å². The molecule has 3 N–H and O–H groups in total. The summed E-state index contributed by atoms with van der Waals surface area (Å²) in [5.41, 5.74) is 3.35. The highest BCUT2D eigenvalue weighted by atomic mass is 16.5. The molecule has 0 unspecified atom stereocenters. The molecule has 0 radical (unpaired) electrons. The quantitative estimate of drug-likeness (QED) is 0.461. The van der Waals surface area contributed by atoms with Crippen LogP contribution in [0.3, 0.4) is 0 Å². The Kier molecular flexibility index (Phi) is 3.90. The maximum absolute atomic E-state index is 10.9. The lowest BCUT2D eigenvalue weighted by Gasteiger charge is -2.19. The number of rotatable bonds is 3. The van der Waals surface area contributed by atoms with E-state index in [4.69, 9.17) is 10.6 Å². The molecule has 0 spiro atoms. The second-order valence-electron chi connectivity index (χ2n) is 4.63. The van der Waals surface area contributed by atoms with Crippen LogP contribution in [0.15, 0.2) is 24.3 Å². The van der Waals surface area contributed by atoms with Crippen LogP contribution < -0.4 is 16.0 Å². The van der Waals surface area contributed by atoms with E-state index < -0.39 is 0 Å². The molecule has 0 atom stereocenters. The molecule has 0 heterocycles. The summed E-state index contributed by atoms with van der Waals surface area (Å²) in [6.07, 6.45) is 0. The van der Waals surface area contributed by atoms with E-state index in [1.54, 1.807) is 0 Å². The van der Waals surface area contributed by atoms with Crippen molar-refractivity contribution >= 4 is 5.91 Å². The third-order valence-electron chi connectivity index (χ3n) is 2.25. The molecule has 0 saturated carbocycles. The fraction of sp³-hybridized carbons (Fsp3) is 0.417. The van der Waals surface area contributed by atoms with Crippen molar-refractivity contribution in [2.24, 2.45) is 5.84 Å². The predicted molar refractivity (Wildman–Crippen MR) is 63.0 cm³/mol. The molecule has 4 heteroatoms. The Hall–Kier alpha value is -1.55. The van der Waals surface area contributed by atoms with Gasteiger partial charge in [-0.2, -0.15) is 0 Å². The van der Waals surface area contributed by atoms with Crippen LogP contribution in [0.25, 0.3) is 0 Å². The zero-order valence-corrected chi connectivity index (χ0v) is 9.91. The summed E-state index contributed by atoms with van der Waals surface area (Å²) in [5, 5.41) is 0. The van der Waals surface area contributed by atoms with Crippen LogP contribution in [0.2, 0.25) is 0 Å². The molecule has 88 valence electrons. The second-order valence-corrected chi connectivity index (χ2v) is 4.63. The third-order valence-corrected chi connectivity index (χ3v) is 2.25. The van der Waals surface area contributed by atoms with Gasteiger partial charge in [-0.1, -0.05) is 32.9 Å². The molecule has 0 fully saturated rings. The fourth-order valence-corrected chi connectivity index (χ4v) is 1.24. The molecular weight excluding hydrogens is 204 g/mol. The molecule has 0 aliphatic rings. The number of hydrogen-bond acceptors (Lipinski definition) is 3. The molecule has 16 heavy (non-hydrogen) atoms. The number of amides is 1. The Morgan fingerprint density at radius 3 is 2.31 bits per heavy atom. The van der Waals surface area contributed by atoms with Gasteiger partial charge < -0.3 is 4.74 Å². The van der Waals surface area contributed by atoms with Gasteiger partial charge in [-0.15, -0.1) is 0 Å². The van der Waals surface area contributed by atoms with Crippen molar-refractivity contribution in [2.45, 2.75) is 26.2 Å². The van der Waals surface area contributed by atoms with E-state index in [1.165, 1.54) is 5.56 Å². The summed E-state index contributed by atoms with van der Waals surface area (Å²) in [6, 6.07) is 7.69. The third kappa shape index (κ3) is 3.55. The minimum Gasteiger partial charge on any atom is -0.484 e. The molecular formula is C12H18N2O2. The number of benzene rings is 1. The zero-order chi connectivity index (χ0) is 12.2.